The molecule has 1 saturated heterocycles. The molecular weight excluding hydrogens is 272 g/mol. The number of benzene rings is 1. The molecular formula is C19H30N2O. The zero-order valence-corrected chi connectivity index (χ0v) is 14.3. The van der Waals surface area contributed by atoms with Crippen LogP contribution in [-0.2, 0) is 11.2 Å². The molecule has 1 heterocycles. The lowest BCUT2D eigenvalue weighted by Gasteiger charge is -2.37. The highest BCUT2D eigenvalue weighted by Crippen LogP contribution is 2.23. The third-order valence-corrected chi connectivity index (χ3v) is 5.00. The number of likely N-dealkylation sites (tertiary alicyclic amines) is 1. The maximum absolute atomic E-state index is 12.5. The Morgan fingerprint density at radius 1 is 1.18 bits per heavy atom. The fourth-order valence-electron chi connectivity index (χ4n) is 3.45. The zero-order chi connectivity index (χ0) is 15.9. The smallest absolute Gasteiger partial charge is 0.239 e. The second-order valence-corrected chi connectivity index (χ2v) is 6.36. The normalized spacial score (nSPS) is 18.1. The quantitative estimate of drug-likeness (QED) is 0.805. The average molecular weight is 302 g/mol. The van der Waals surface area contributed by atoms with Gasteiger partial charge in [0.05, 0.1) is 6.04 Å². The molecule has 2 rings (SSSR count). The lowest BCUT2D eigenvalue weighted by atomic mass is 9.89. The Morgan fingerprint density at radius 3 is 2.32 bits per heavy atom. The van der Waals surface area contributed by atoms with E-state index in [-0.39, 0.29) is 11.9 Å². The fraction of sp³-hybridized carbons (Fsp3) is 0.632. The van der Waals surface area contributed by atoms with Crippen molar-refractivity contribution >= 4 is 5.91 Å². The average Bonchev–Trinajstić information content (AvgIpc) is 2.57. The SMILES string of the molecule is CCN(CC)C(=O)[C@@H](C)N1CCC(Cc2ccccc2)CC1. The minimum atomic E-state index is 0.0255. The summed E-state index contributed by atoms with van der Waals surface area (Å²) in [6.07, 6.45) is 3.57. The molecule has 1 aromatic rings. The molecule has 1 aromatic carbocycles. The number of nitrogens with zero attached hydrogens (tertiary/aromatic N) is 2. The molecule has 1 fully saturated rings. The first-order valence-electron chi connectivity index (χ1n) is 8.72. The predicted molar refractivity (Wildman–Crippen MR) is 91.8 cm³/mol. The van der Waals surface area contributed by atoms with Crippen molar-refractivity contribution in [1.82, 2.24) is 9.80 Å². The third-order valence-electron chi connectivity index (χ3n) is 5.00. The van der Waals surface area contributed by atoms with Crippen molar-refractivity contribution in [1.29, 1.82) is 0 Å². The van der Waals surface area contributed by atoms with Gasteiger partial charge in [0.2, 0.25) is 5.91 Å². The molecule has 1 aliphatic rings. The molecule has 0 aliphatic carbocycles. The summed E-state index contributed by atoms with van der Waals surface area (Å²) in [6, 6.07) is 10.8. The minimum absolute atomic E-state index is 0.0255. The van der Waals surface area contributed by atoms with Crippen LogP contribution in [-0.4, -0.2) is 47.9 Å². The number of amides is 1. The van der Waals surface area contributed by atoms with Gasteiger partial charge in [0.25, 0.3) is 0 Å². The van der Waals surface area contributed by atoms with Gasteiger partial charge in [0.1, 0.15) is 0 Å². The largest absolute Gasteiger partial charge is 0.342 e. The molecule has 0 N–H and O–H groups in total. The van der Waals surface area contributed by atoms with E-state index in [1.54, 1.807) is 0 Å². The summed E-state index contributed by atoms with van der Waals surface area (Å²) >= 11 is 0. The molecule has 3 heteroatoms. The van der Waals surface area contributed by atoms with E-state index in [2.05, 4.69) is 56.0 Å². The number of carbonyl (C=O) groups excluding carboxylic acids is 1. The maximum atomic E-state index is 12.5. The van der Waals surface area contributed by atoms with Gasteiger partial charge >= 0.3 is 0 Å². The lowest BCUT2D eigenvalue weighted by molar-refractivity contribution is -0.136. The molecule has 3 nitrogen and oxygen atoms in total. The summed E-state index contributed by atoms with van der Waals surface area (Å²) in [5, 5.41) is 0. The molecule has 22 heavy (non-hydrogen) atoms. The molecule has 1 aliphatic heterocycles. The van der Waals surface area contributed by atoms with Crippen LogP contribution in [0.15, 0.2) is 30.3 Å². The van der Waals surface area contributed by atoms with E-state index < -0.39 is 0 Å². The first-order valence-corrected chi connectivity index (χ1v) is 8.72. The standard InChI is InChI=1S/C19H30N2O/c1-4-20(5-2)19(22)16(3)21-13-11-18(12-14-21)15-17-9-7-6-8-10-17/h6-10,16,18H,4-5,11-15H2,1-3H3/t16-/m1/s1. The number of likely N-dealkylation sites (N-methyl/N-ethyl adjacent to an activating group) is 1. The molecule has 0 unspecified atom stereocenters. The molecule has 0 radical (unpaired) electrons. The number of rotatable bonds is 6. The molecule has 1 atom stereocenters. The van der Waals surface area contributed by atoms with E-state index in [0.717, 1.165) is 32.1 Å². The molecule has 1 amide bonds. The molecule has 0 spiro atoms. The van der Waals surface area contributed by atoms with Crippen molar-refractivity contribution in [3.05, 3.63) is 35.9 Å². The first kappa shape index (κ1) is 17.0. The van der Waals surface area contributed by atoms with Gasteiger partial charge in [-0.05, 0) is 64.6 Å². The van der Waals surface area contributed by atoms with Gasteiger partial charge in [-0.15, -0.1) is 0 Å². The van der Waals surface area contributed by atoms with Crippen LogP contribution in [0.1, 0.15) is 39.2 Å². The number of hydrogen-bond donors (Lipinski definition) is 0. The lowest BCUT2D eigenvalue weighted by Crippen LogP contribution is -2.49. The maximum Gasteiger partial charge on any atom is 0.239 e. The van der Waals surface area contributed by atoms with Crippen molar-refractivity contribution < 1.29 is 4.79 Å². The Morgan fingerprint density at radius 2 is 1.77 bits per heavy atom. The highest BCUT2D eigenvalue weighted by Gasteiger charge is 2.28. The monoisotopic (exact) mass is 302 g/mol. The van der Waals surface area contributed by atoms with E-state index in [1.807, 2.05) is 4.90 Å². The summed E-state index contributed by atoms with van der Waals surface area (Å²) < 4.78 is 0. The molecule has 0 bridgehead atoms. The summed E-state index contributed by atoms with van der Waals surface area (Å²) in [5.74, 6) is 1.04. The van der Waals surface area contributed by atoms with E-state index in [0.29, 0.717) is 0 Å². The highest BCUT2D eigenvalue weighted by atomic mass is 16.2. The van der Waals surface area contributed by atoms with Crippen molar-refractivity contribution in [2.45, 2.75) is 46.1 Å². The van der Waals surface area contributed by atoms with E-state index in [9.17, 15) is 4.79 Å². The van der Waals surface area contributed by atoms with Crippen LogP contribution < -0.4 is 0 Å². The zero-order valence-electron chi connectivity index (χ0n) is 14.3. The van der Waals surface area contributed by atoms with Crippen LogP contribution >= 0.6 is 0 Å². The van der Waals surface area contributed by atoms with Gasteiger partial charge in [-0.25, -0.2) is 0 Å². The van der Waals surface area contributed by atoms with Gasteiger partial charge in [0, 0.05) is 13.1 Å². The Labute approximate surface area is 135 Å². The summed E-state index contributed by atoms with van der Waals surface area (Å²) in [6.45, 7) is 9.89. The van der Waals surface area contributed by atoms with Gasteiger partial charge in [-0.2, -0.15) is 0 Å². The second-order valence-electron chi connectivity index (χ2n) is 6.36. The van der Waals surface area contributed by atoms with Crippen LogP contribution in [0.4, 0.5) is 0 Å². The van der Waals surface area contributed by atoms with Crippen LogP contribution in [0.3, 0.4) is 0 Å². The Bertz CT molecular complexity index is 448. The fourth-order valence-corrected chi connectivity index (χ4v) is 3.45. The number of hydrogen-bond acceptors (Lipinski definition) is 2. The Balaban J connectivity index is 1.82. The number of carbonyl (C=O) groups is 1. The van der Waals surface area contributed by atoms with Crippen molar-refractivity contribution in [3.8, 4) is 0 Å². The van der Waals surface area contributed by atoms with Crippen LogP contribution in [0.5, 0.6) is 0 Å². The van der Waals surface area contributed by atoms with Crippen LogP contribution in [0.25, 0.3) is 0 Å². The summed E-state index contributed by atoms with van der Waals surface area (Å²) in [4.78, 5) is 16.8. The van der Waals surface area contributed by atoms with Gasteiger partial charge < -0.3 is 4.90 Å². The van der Waals surface area contributed by atoms with Crippen molar-refractivity contribution in [2.75, 3.05) is 26.2 Å². The van der Waals surface area contributed by atoms with E-state index >= 15 is 0 Å². The summed E-state index contributed by atoms with van der Waals surface area (Å²) in [5.41, 5.74) is 1.44. The second kappa shape index (κ2) is 8.33. The van der Waals surface area contributed by atoms with E-state index in [1.165, 1.54) is 24.8 Å². The number of piperidine rings is 1. The van der Waals surface area contributed by atoms with E-state index in [4.69, 9.17) is 0 Å². The van der Waals surface area contributed by atoms with Gasteiger partial charge in [0.15, 0.2) is 0 Å². The Kier molecular flexibility index (Phi) is 6.44. The molecule has 122 valence electrons. The van der Waals surface area contributed by atoms with Gasteiger partial charge in [-0.3, -0.25) is 9.69 Å². The molecule has 0 aromatic heterocycles. The van der Waals surface area contributed by atoms with Crippen molar-refractivity contribution in [3.63, 3.8) is 0 Å². The van der Waals surface area contributed by atoms with Gasteiger partial charge in [-0.1, -0.05) is 30.3 Å². The summed E-state index contributed by atoms with van der Waals surface area (Å²) in [7, 11) is 0. The predicted octanol–water partition coefficient (Wildman–Crippen LogP) is 3.20. The molecule has 0 saturated carbocycles. The first-order chi connectivity index (χ1) is 10.7. The highest BCUT2D eigenvalue weighted by molar-refractivity contribution is 5.81. The Hall–Kier alpha value is -1.35. The van der Waals surface area contributed by atoms with Crippen LogP contribution in [0, 0.1) is 5.92 Å². The third kappa shape index (κ3) is 4.33. The minimum Gasteiger partial charge on any atom is -0.342 e. The van der Waals surface area contributed by atoms with Crippen molar-refractivity contribution in [2.24, 2.45) is 5.92 Å². The topological polar surface area (TPSA) is 23.6 Å². The van der Waals surface area contributed by atoms with Crippen LogP contribution in [0.2, 0.25) is 0 Å².